The Morgan fingerprint density at radius 2 is 1.96 bits per heavy atom. The predicted octanol–water partition coefficient (Wildman–Crippen LogP) is -2.56. The van der Waals surface area contributed by atoms with Gasteiger partial charge in [0.1, 0.15) is 18.1 Å². The minimum atomic E-state index is -1.29. The lowest BCUT2D eigenvalue weighted by Gasteiger charge is -2.21. The highest BCUT2D eigenvalue weighted by Crippen LogP contribution is 2.07. The van der Waals surface area contributed by atoms with Crippen molar-refractivity contribution < 1.29 is 29.4 Å². The zero-order valence-corrected chi connectivity index (χ0v) is 13.3. The summed E-state index contributed by atoms with van der Waals surface area (Å²) in [5, 5.41) is 25.4. The van der Waals surface area contributed by atoms with E-state index in [2.05, 4.69) is 16.0 Å². The van der Waals surface area contributed by atoms with E-state index in [1.807, 2.05) is 0 Å². The fraction of sp³-hybridized carbons (Fsp3) is 0.714. The Bertz CT molecular complexity index is 484. The van der Waals surface area contributed by atoms with Gasteiger partial charge in [-0.3, -0.25) is 14.4 Å². The average Bonchev–Trinajstić information content (AvgIpc) is 2.97. The molecule has 0 saturated carbocycles. The number of rotatable bonds is 10. The van der Waals surface area contributed by atoms with Gasteiger partial charge in [0, 0.05) is 6.42 Å². The van der Waals surface area contributed by atoms with Crippen LogP contribution in [0, 0.1) is 0 Å². The van der Waals surface area contributed by atoms with Crippen molar-refractivity contribution in [3.63, 3.8) is 0 Å². The molecule has 0 aromatic rings. The van der Waals surface area contributed by atoms with E-state index in [0.29, 0.717) is 25.8 Å². The zero-order valence-electron chi connectivity index (χ0n) is 13.3. The Morgan fingerprint density at radius 1 is 1.25 bits per heavy atom. The lowest BCUT2D eigenvalue weighted by Crippen LogP contribution is -2.55. The van der Waals surface area contributed by atoms with Crippen LogP contribution in [0.25, 0.3) is 0 Å². The third-order valence-corrected chi connectivity index (χ3v) is 3.69. The number of amides is 3. The van der Waals surface area contributed by atoms with Gasteiger partial charge in [-0.05, 0) is 32.2 Å². The fourth-order valence-corrected chi connectivity index (χ4v) is 2.30. The van der Waals surface area contributed by atoms with E-state index in [4.69, 9.17) is 10.8 Å². The summed E-state index contributed by atoms with van der Waals surface area (Å²) in [7, 11) is 0. The van der Waals surface area contributed by atoms with E-state index < -0.39 is 42.5 Å². The van der Waals surface area contributed by atoms with Gasteiger partial charge in [0.05, 0.1) is 6.61 Å². The first-order valence-electron chi connectivity index (χ1n) is 7.82. The molecule has 7 N–H and O–H groups in total. The lowest BCUT2D eigenvalue weighted by molar-refractivity contribution is -0.142. The van der Waals surface area contributed by atoms with Crippen LogP contribution in [0.4, 0.5) is 0 Å². The van der Waals surface area contributed by atoms with Crippen LogP contribution in [-0.2, 0) is 19.2 Å². The van der Waals surface area contributed by atoms with Crippen LogP contribution in [0.2, 0.25) is 0 Å². The van der Waals surface area contributed by atoms with E-state index in [9.17, 15) is 24.3 Å². The first-order chi connectivity index (χ1) is 11.4. The molecule has 10 heteroatoms. The topological polar surface area (TPSA) is 171 Å². The molecule has 0 aromatic carbocycles. The van der Waals surface area contributed by atoms with E-state index in [1.165, 1.54) is 0 Å². The third-order valence-electron chi connectivity index (χ3n) is 3.69. The number of nitrogens with two attached hydrogens (primary N) is 1. The second kappa shape index (κ2) is 9.83. The summed E-state index contributed by atoms with van der Waals surface area (Å²) in [6, 6.07) is -3.16. The molecule has 10 nitrogen and oxygen atoms in total. The summed E-state index contributed by atoms with van der Waals surface area (Å²) in [5.41, 5.74) is 5.34. The molecular weight excluding hydrogens is 320 g/mol. The Labute approximate surface area is 139 Å². The van der Waals surface area contributed by atoms with Gasteiger partial charge in [-0.25, -0.2) is 4.79 Å². The first-order valence-corrected chi connectivity index (χ1v) is 7.82. The van der Waals surface area contributed by atoms with Crippen LogP contribution < -0.4 is 21.7 Å². The molecule has 1 fully saturated rings. The predicted molar refractivity (Wildman–Crippen MR) is 82.7 cm³/mol. The molecule has 3 amide bonds. The van der Waals surface area contributed by atoms with Gasteiger partial charge < -0.3 is 31.9 Å². The Kier molecular flexibility index (Phi) is 8.13. The van der Waals surface area contributed by atoms with Gasteiger partial charge >= 0.3 is 5.97 Å². The van der Waals surface area contributed by atoms with E-state index in [0.717, 1.165) is 0 Å². The van der Waals surface area contributed by atoms with Crippen LogP contribution in [0.1, 0.15) is 32.1 Å². The summed E-state index contributed by atoms with van der Waals surface area (Å²) in [6.07, 6.45) is 1.87. The molecule has 1 rings (SSSR count). The van der Waals surface area contributed by atoms with Crippen LogP contribution in [0.15, 0.2) is 0 Å². The number of aliphatic carboxylic acids is 1. The monoisotopic (exact) mass is 344 g/mol. The number of carbonyl (C=O) groups excluding carboxylic acids is 3. The number of carboxylic acids is 1. The normalized spacial score (nSPS) is 19.2. The van der Waals surface area contributed by atoms with Gasteiger partial charge in [0.25, 0.3) is 0 Å². The maximum absolute atomic E-state index is 12.1. The molecule has 1 heterocycles. The van der Waals surface area contributed by atoms with E-state index in [-0.39, 0.29) is 18.7 Å². The SMILES string of the molecule is NCCCCC(NC(=O)C(CO)NC(=O)C1CCC(=O)N1)C(=O)O. The number of unbranched alkanes of at least 4 members (excludes halogenated alkanes) is 1. The average molecular weight is 344 g/mol. The molecule has 0 bridgehead atoms. The molecule has 1 aliphatic rings. The van der Waals surface area contributed by atoms with Gasteiger partial charge in [-0.2, -0.15) is 0 Å². The summed E-state index contributed by atoms with van der Waals surface area (Å²) in [4.78, 5) is 46.3. The quantitative estimate of drug-likeness (QED) is 0.237. The molecule has 1 saturated heterocycles. The maximum Gasteiger partial charge on any atom is 0.326 e. The highest BCUT2D eigenvalue weighted by molar-refractivity contribution is 5.94. The number of aliphatic hydroxyl groups excluding tert-OH is 1. The summed E-state index contributed by atoms with van der Waals surface area (Å²) < 4.78 is 0. The molecule has 3 atom stereocenters. The maximum atomic E-state index is 12.1. The zero-order chi connectivity index (χ0) is 18.1. The van der Waals surface area contributed by atoms with Crippen molar-refractivity contribution in [2.75, 3.05) is 13.2 Å². The minimum absolute atomic E-state index is 0.197. The highest BCUT2D eigenvalue weighted by Gasteiger charge is 2.31. The van der Waals surface area contributed by atoms with Crippen molar-refractivity contribution in [1.29, 1.82) is 0 Å². The Balaban J connectivity index is 2.55. The molecule has 0 aliphatic carbocycles. The second-order valence-corrected chi connectivity index (χ2v) is 5.59. The fourth-order valence-electron chi connectivity index (χ4n) is 2.30. The molecule has 3 unspecified atom stereocenters. The Hall–Kier alpha value is -2.20. The van der Waals surface area contributed by atoms with Crippen molar-refractivity contribution in [3.05, 3.63) is 0 Å². The standard InChI is InChI=1S/C14H24N4O6/c15-6-2-1-3-9(14(23)24)17-13(22)10(7-19)18-12(21)8-4-5-11(20)16-8/h8-10,19H,1-7,15H2,(H,16,20)(H,17,22)(H,18,21)(H,23,24). The van der Waals surface area contributed by atoms with Crippen LogP contribution in [-0.4, -0.2) is 65.2 Å². The minimum Gasteiger partial charge on any atom is -0.480 e. The van der Waals surface area contributed by atoms with E-state index >= 15 is 0 Å². The molecular formula is C14H24N4O6. The van der Waals surface area contributed by atoms with Crippen molar-refractivity contribution in [1.82, 2.24) is 16.0 Å². The number of carboxylic acid groups (broad SMARTS) is 1. The second-order valence-electron chi connectivity index (χ2n) is 5.59. The molecule has 136 valence electrons. The van der Waals surface area contributed by atoms with Gasteiger partial charge in [-0.15, -0.1) is 0 Å². The molecule has 0 radical (unpaired) electrons. The van der Waals surface area contributed by atoms with Crippen molar-refractivity contribution in [2.24, 2.45) is 5.73 Å². The first kappa shape index (κ1) is 19.8. The summed E-state index contributed by atoms with van der Waals surface area (Å²) >= 11 is 0. The van der Waals surface area contributed by atoms with Crippen molar-refractivity contribution >= 4 is 23.7 Å². The van der Waals surface area contributed by atoms with E-state index in [1.54, 1.807) is 0 Å². The highest BCUT2D eigenvalue weighted by atomic mass is 16.4. The molecule has 0 spiro atoms. The van der Waals surface area contributed by atoms with Gasteiger partial charge in [0.15, 0.2) is 0 Å². The van der Waals surface area contributed by atoms with Gasteiger partial charge in [-0.1, -0.05) is 0 Å². The molecule has 0 aromatic heterocycles. The summed E-state index contributed by atoms with van der Waals surface area (Å²) in [5.74, 6) is -2.85. The molecule has 1 aliphatic heterocycles. The Morgan fingerprint density at radius 3 is 2.46 bits per heavy atom. The van der Waals surface area contributed by atoms with Crippen LogP contribution in [0.5, 0.6) is 0 Å². The van der Waals surface area contributed by atoms with Crippen LogP contribution in [0.3, 0.4) is 0 Å². The number of hydrogen-bond acceptors (Lipinski definition) is 6. The number of aliphatic hydroxyl groups is 1. The summed E-state index contributed by atoms with van der Waals surface area (Å²) in [6.45, 7) is -0.268. The largest absolute Gasteiger partial charge is 0.480 e. The molecule has 24 heavy (non-hydrogen) atoms. The number of carbonyl (C=O) groups is 4. The lowest BCUT2D eigenvalue weighted by atomic mass is 10.1. The van der Waals surface area contributed by atoms with Crippen molar-refractivity contribution in [2.45, 2.75) is 50.2 Å². The number of nitrogens with one attached hydrogen (secondary N) is 3. The van der Waals surface area contributed by atoms with Crippen molar-refractivity contribution in [3.8, 4) is 0 Å². The third kappa shape index (κ3) is 6.13. The van der Waals surface area contributed by atoms with Gasteiger partial charge in [0.2, 0.25) is 17.7 Å². The van der Waals surface area contributed by atoms with Crippen LogP contribution >= 0.6 is 0 Å². The number of hydrogen-bond donors (Lipinski definition) is 6. The smallest absolute Gasteiger partial charge is 0.326 e.